The Labute approximate surface area is 130 Å². The van der Waals surface area contributed by atoms with Crippen LogP contribution in [0.1, 0.15) is 34.1 Å². The predicted octanol–water partition coefficient (Wildman–Crippen LogP) is 2.23. The van der Waals surface area contributed by atoms with Crippen molar-refractivity contribution in [1.29, 1.82) is 0 Å². The first-order valence-corrected chi connectivity index (χ1v) is 7.24. The van der Waals surface area contributed by atoms with Crippen LogP contribution < -0.4 is 10.6 Å². The molecule has 0 aliphatic rings. The van der Waals surface area contributed by atoms with E-state index in [0.717, 1.165) is 0 Å². The highest BCUT2D eigenvalue weighted by atomic mass is 16.2. The summed E-state index contributed by atoms with van der Waals surface area (Å²) in [6.07, 6.45) is 0.224. The van der Waals surface area contributed by atoms with Crippen LogP contribution in [0.5, 0.6) is 0 Å². The van der Waals surface area contributed by atoms with Crippen molar-refractivity contribution in [2.45, 2.75) is 40.2 Å². The zero-order valence-corrected chi connectivity index (χ0v) is 13.5. The zero-order chi connectivity index (χ0) is 16.7. The van der Waals surface area contributed by atoms with Gasteiger partial charge in [0.2, 0.25) is 17.7 Å². The second-order valence-corrected chi connectivity index (χ2v) is 5.37. The van der Waals surface area contributed by atoms with E-state index in [0.29, 0.717) is 17.9 Å². The van der Waals surface area contributed by atoms with E-state index >= 15 is 0 Å². The molecule has 0 unspecified atom stereocenters. The first kappa shape index (κ1) is 17.7. The lowest BCUT2D eigenvalue weighted by Crippen LogP contribution is -2.37. The van der Waals surface area contributed by atoms with E-state index in [2.05, 4.69) is 10.6 Å². The lowest BCUT2D eigenvalue weighted by molar-refractivity contribution is -0.131. The lowest BCUT2D eigenvalue weighted by Gasteiger charge is -2.24. The molecule has 0 bridgehead atoms. The van der Waals surface area contributed by atoms with Crippen molar-refractivity contribution in [1.82, 2.24) is 4.90 Å². The number of hydrogen-bond acceptors (Lipinski definition) is 3. The quantitative estimate of drug-likeness (QED) is 0.846. The number of benzene rings is 1. The van der Waals surface area contributed by atoms with Gasteiger partial charge in [-0.15, -0.1) is 0 Å². The maximum atomic E-state index is 12.0. The number of nitrogens with zero attached hydrogens (tertiary/aromatic N) is 1. The molecule has 0 saturated heterocycles. The summed E-state index contributed by atoms with van der Waals surface area (Å²) < 4.78 is 0. The summed E-state index contributed by atoms with van der Waals surface area (Å²) in [5.74, 6) is -0.389. The van der Waals surface area contributed by atoms with Crippen molar-refractivity contribution in [3.63, 3.8) is 0 Å². The van der Waals surface area contributed by atoms with E-state index < -0.39 is 0 Å². The fourth-order valence-electron chi connectivity index (χ4n) is 2.10. The summed E-state index contributed by atoms with van der Waals surface area (Å²) in [6.45, 7) is 7.12. The van der Waals surface area contributed by atoms with Crippen LogP contribution in [-0.2, 0) is 14.4 Å². The smallest absolute Gasteiger partial charge is 0.226 e. The number of amides is 3. The number of hydrogen-bond donors (Lipinski definition) is 2. The standard InChI is InChI=1S/C16H23N3O3/c1-11(2)19(13(4)21)9-8-16(22)18-15-7-5-6-14(10-15)17-12(3)20/h5-7,10-11H,8-9H2,1-4H3,(H,17,20)(H,18,22). The summed E-state index contributed by atoms with van der Waals surface area (Å²) in [7, 11) is 0. The highest BCUT2D eigenvalue weighted by Gasteiger charge is 2.14. The molecule has 1 aromatic rings. The van der Waals surface area contributed by atoms with Crippen LogP contribution in [-0.4, -0.2) is 35.2 Å². The Kier molecular flexibility index (Phi) is 6.56. The van der Waals surface area contributed by atoms with Crippen LogP contribution in [0.2, 0.25) is 0 Å². The fourth-order valence-corrected chi connectivity index (χ4v) is 2.10. The van der Waals surface area contributed by atoms with Gasteiger partial charge in [0.05, 0.1) is 0 Å². The van der Waals surface area contributed by atoms with Gasteiger partial charge < -0.3 is 15.5 Å². The molecule has 0 aliphatic carbocycles. The molecular formula is C16H23N3O3. The van der Waals surface area contributed by atoms with E-state index in [4.69, 9.17) is 0 Å². The number of carbonyl (C=O) groups is 3. The number of carbonyl (C=O) groups excluding carboxylic acids is 3. The van der Waals surface area contributed by atoms with Crippen LogP contribution >= 0.6 is 0 Å². The van der Waals surface area contributed by atoms with Crippen LogP contribution in [0.15, 0.2) is 24.3 Å². The maximum Gasteiger partial charge on any atom is 0.226 e. The normalized spacial score (nSPS) is 10.2. The Bertz CT molecular complexity index is 555. The number of anilines is 2. The minimum atomic E-state index is -0.174. The second kappa shape index (κ2) is 8.17. The molecule has 120 valence electrons. The summed E-state index contributed by atoms with van der Waals surface area (Å²) in [6, 6.07) is 6.98. The molecule has 0 aliphatic heterocycles. The predicted molar refractivity (Wildman–Crippen MR) is 86.5 cm³/mol. The van der Waals surface area contributed by atoms with Gasteiger partial charge in [-0.2, -0.15) is 0 Å². The van der Waals surface area contributed by atoms with Gasteiger partial charge in [0.25, 0.3) is 0 Å². The van der Waals surface area contributed by atoms with Crippen LogP contribution in [0, 0.1) is 0 Å². The van der Waals surface area contributed by atoms with Gasteiger partial charge in [-0.3, -0.25) is 14.4 Å². The Morgan fingerprint density at radius 3 is 2.18 bits per heavy atom. The highest BCUT2D eigenvalue weighted by molar-refractivity contribution is 5.93. The third-order valence-electron chi connectivity index (χ3n) is 3.07. The van der Waals surface area contributed by atoms with Crippen LogP contribution in [0.25, 0.3) is 0 Å². The van der Waals surface area contributed by atoms with Crippen molar-refractivity contribution < 1.29 is 14.4 Å². The molecular weight excluding hydrogens is 282 g/mol. The third kappa shape index (κ3) is 5.95. The van der Waals surface area contributed by atoms with E-state index in [9.17, 15) is 14.4 Å². The Balaban J connectivity index is 2.58. The third-order valence-corrected chi connectivity index (χ3v) is 3.07. The van der Waals surface area contributed by atoms with Gasteiger partial charge in [-0.25, -0.2) is 0 Å². The molecule has 0 heterocycles. The first-order chi connectivity index (χ1) is 10.3. The highest BCUT2D eigenvalue weighted by Crippen LogP contribution is 2.15. The minimum absolute atomic E-state index is 0.0459. The van der Waals surface area contributed by atoms with E-state index in [1.807, 2.05) is 13.8 Å². The van der Waals surface area contributed by atoms with Crippen molar-refractivity contribution in [2.75, 3.05) is 17.2 Å². The molecule has 0 aromatic heterocycles. The summed E-state index contributed by atoms with van der Waals surface area (Å²) in [5, 5.41) is 5.42. The summed E-state index contributed by atoms with van der Waals surface area (Å²) in [4.78, 5) is 36.1. The minimum Gasteiger partial charge on any atom is -0.340 e. The fraction of sp³-hybridized carbons (Fsp3) is 0.438. The van der Waals surface area contributed by atoms with Crippen LogP contribution in [0.3, 0.4) is 0 Å². The SMILES string of the molecule is CC(=O)Nc1cccc(NC(=O)CCN(C(C)=O)C(C)C)c1. The average molecular weight is 305 g/mol. The zero-order valence-electron chi connectivity index (χ0n) is 13.5. The molecule has 0 radical (unpaired) electrons. The second-order valence-electron chi connectivity index (χ2n) is 5.37. The van der Waals surface area contributed by atoms with Crippen molar-refractivity contribution in [3.05, 3.63) is 24.3 Å². The number of rotatable bonds is 6. The molecule has 6 heteroatoms. The summed E-state index contributed by atoms with van der Waals surface area (Å²) in [5.41, 5.74) is 1.23. The number of nitrogens with one attached hydrogen (secondary N) is 2. The lowest BCUT2D eigenvalue weighted by atomic mass is 10.2. The van der Waals surface area contributed by atoms with E-state index in [1.54, 1.807) is 29.2 Å². The van der Waals surface area contributed by atoms with Gasteiger partial charge >= 0.3 is 0 Å². The van der Waals surface area contributed by atoms with Crippen molar-refractivity contribution >= 4 is 29.1 Å². The van der Waals surface area contributed by atoms with E-state index in [1.165, 1.54) is 13.8 Å². The van der Waals surface area contributed by atoms with Gasteiger partial charge in [-0.1, -0.05) is 6.07 Å². The van der Waals surface area contributed by atoms with Crippen molar-refractivity contribution in [2.24, 2.45) is 0 Å². The molecule has 1 rings (SSSR count). The average Bonchev–Trinajstić information content (AvgIpc) is 2.37. The summed E-state index contributed by atoms with van der Waals surface area (Å²) >= 11 is 0. The Hall–Kier alpha value is -2.37. The maximum absolute atomic E-state index is 12.0. The molecule has 1 aromatic carbocycles. The van der Waals surface area contributed by atoms with Gasteiger partial charge in [0.1, 0.15) is 0 Å². The molecule has 3 amide bonds. The van der Waals surface area contributed by atoms with Gasteiger partial charge in [0.15, 0.2) is 0 Å². The van der Waals surface area contributed by atoms with Crippen molar-refractivity contribution in [3.8, 4) is 0 Å². The molecule has 6 nitrogen and oxygen atoms in total. The first-order valence-electron chi connectivity index (χ1n) is 7.24. The molecule has 2 N–H and O–H groups in total. The molecule has 0 spiro atoms. The Morgan fingerprint density at radius 2 is 1.68 bits per heavy atom. The Morgan fingerprint density at radius 1 is 1.09 bits per heavy atom. The molecule has 0 fully saturated rings. The molecule has 0 saturated carbocycles. The largest absolute Gasteiger partial charge is 0.340 e. The molecule has 22 heavy (non-hydrogen) atoms. The molecule has 0 atom stereocenters. The monoisotopic (exact) mass is 305 g/mol. The topological polar surface area (TPSA) is 78.5 Å². The van der Waals surface area contributed by atoms with Crippen LogP contribution in [0.4, 0.5) is 11.4 Å². The van der Waals surface area contributed by atoms with Gasteiger partial charge in [0, 0.05) is 44.2 Å². The van der Waals surface area contributed by atoms with Gasteiger partial charge in [-0.05, 0) is 32.0 Å². The van der Waals surface area contributed by atoms with E-state index in [-0.39, 0.29) is 30.2 Å².